The van der Waals surface area contributed by atoms with Crippen LogP contribution in [0.1, 0.15) is 29.2 Å². The van der Waals surface area contributed by atoms with Crippen LogP contribution in [-0.4, -0.2) is 34.8 Å². The number of nitrogens with zero attached hydrogens (tertiary/aromatic N) is 6. The van der Waals surface area contributed by atoms with Crippen molar-refractivity contribution in [2.24, 2.45) is 0 Å². The largest absolute Gasteiger partial charge is 0.508 e. The fourth-order valence-corrected chi connectivity index (χ4v) is 5.04. The molecule has 3 aromatic heterocycles. The zero-order valence-electron chi connectivity index (χ0n) is 21.9. The molecule has 8 nitrogen and oxygen atoms in total. The van der Waals surface area contributed by atoms with Crippen LogP contribution in [0.5, 0.6) is 11.5 Å². The predicted molar refractivity (Wildman–Crippen MR) is 153 cm³/mol. The smallest absolute Gasteiger partial charge is 0.140 e. The molecule has 0 aliphatic carbocycles. The van der Waals surface area contributed by atoms with Crippen molar-refractivity contribution in [3.63, 3.8) is 0 Å². The molecular weight excluding hydrogens is 500 g/mol. The molecule has 6 rings (SSSR count). The fourth-order valence-electron chi connectivity index (χ4n) is 5.04. The van der Waals surface area contributed by atoms with Crippen LogP contribution >= 0.6 is 0 Å². The quantitative estimate of drug-likeness (QED) is 0.268. The van der Waals surface area contributed by atoms with Crippen LogP contribution in [0, 0.1) is 11.3 Å². The first-order valence-electron chi connectivity index (χ1n) is 13.0. The maximum absolute atomic E-state index is 10.9. The van der Waals surface area contributed by atoms with E-state index in [-0.39, 0.29) is 11.5 Å². The van der Waals surface area contributed by atoms with Gasteiger partial charge in [-0.2, -0.15) is 5.26 Å². The molecule has 40 heavy (non-hydrogen) atoms. The topological polar surface area (TPSA) is 113 Å². The highest BCUT2D eigenvalue weighted by molar-refractivity contribution is 5.97. The van der Waals surface area contributed by atoms with E-state index in [2.05, 4.69) is 39.3 Å². The molecule has 0 unspecified atom stereocenters. The van der Waals surface area contributed by atoms with Crippen molar-refractivity contribution in [2.45, 2.75) is 26.4 Å². The Morgan fingerprint density at radius 3 is 2.38 bits per heavy atom. The van der Waals surface area contributed by atoms with Crippen LogP contribution in [0.2, 0.25) is 0 Å². The van der Waals surface area contributed by atoms with Crippen LogP contribution in [0.25, 0.3) is 33.5 Å². The summed E-state index contributed by atoms with van der Waals surface area (Å²) in [5.41, 5.74) is 6.79. The number of aromatic hydroxyl groups is 2. The third-order valence-corrected chi connectivity index (χ3v) is 7.07. The molecule has 0 spiro atoms. The summed E-state index contributed by atoms with van der Waals surface area (Å²) in [5, 5.41) is 40.5. The number of benzene rings is 3. The molecule has 196 valence electrons. The van der Waals surface area contributed by atoms with Gasteiger partial charge in [-0.05, 0) is 53.4 Å². The van der Waals surface area contributed by atoms with Crippen LogP contribution in [0.4, 0.5) is 0 Å². The highest BCUT2D eigenvalue weighted by Crippen LogP contribution is 2.41. The summed E-state index contributed by atoms with van der Waals surface area (Å²) in [7, 11) is 0. The first kappa shape index (κ1) is 24.9. The normalized spacial score (nSPS) is 11.1. The van der Waals surface area contributed by atoms with E-state index in [4.69, 9.17) is 4.98 Å². The molecule has 6 aromatic rings. The lowest BCUT2D eigenvalue weighted by Gasteiger charge is -2.11. The maximum atomic E-state index is 10.9. The van der Waals surface area contributed by atoms with Crippen molar-refractivity contribution < 1.29 is 10.2 Å². The molecule has 0 aliphatic heterocycles. The molecule has 8 heteroatoms. The Balaban J connectivity index is 1.56. The van der Waals surface area contributed by atoms with E-state index >= 15 is 0 Å². The molecule has 0 fully saturated rings. The first-order chi connectivity index (χ1) is 19.6. The Bertz CT molecular complexity index is 1860. The van der Waals surface area contributed by atoms with E-state index in [0.717, 1.165) is 33.4 Å². The maximum Gasteiger partial charge on any atom is 0.140 e. The van der Waals surface area contributed by atoms with Crippen LogP contribution in [0.3, 0.4) is 0 Å². The Hall–Kier alpha value is -5.42. The molecule has 3 aromatic carbocycles. The highest BCUT2D eigenvalue weighted by Gasteiger charge is 2.24. The first-order valence-corrected chi connectivity index (χ1v) is 13.0. The average Bonchev–Trinajstić information content (AvgIpc) is 3.55. The number of phenols is 2. The molecule has 3 heterocycles. The second-order valence-electron chi connectivity index (χ2n) is 9.64. The minimum absolute atomic E-state index is 0.0407. The third-order valence-electron chi connectivity index (χ3n) is 7.07. The second kappa shape index (κ2) is 10.4. The monoisotopic (exact) mass is 526 g/mol. The van der Waals surface area contributed by atoms with Gasteiger partial charge in [0.15, 0.2) is 0 Å². The van der Waals surface area contributed by atoms with Gasteiger partial charge in [-0.25, -0.2) is 9.67 Å². The van der Waals surface area contributed by atoms with Crippen LogP contribution in [0.15, 0.2) is 91.3 Å². The lowest BCUT2D eigenvalue weighted by molar-refractivity contribution is 0.447. The zero-order chi connectivity index (χ0) is 27.6. The van der Waals surface area contributed by atoms with Gasteiger partial charge in [0, 0.05) is 41.5 Å². The second-order valence-corrected chi connectivity index (χ2v) is 9.64. The molecule has 0 saturated heterocycles. The zero-order valence-corrected chi connectivity index (χ0v) is 21.9. The molecule has 0 amide bonds. The number of aromatic nitrogens is 5. The average molecular weight is 527 g/mol. The number of hydrogen-bond acceptors (Lipinski definition) is 6. The van der Waals surface area contributed by atoms with Gasteiger partial charge in [0.25, 0.3) is 0 Å². The van der Waals surface area contributed by atoms with Gasteiger partial charge in [0.2, 0.25) is 0 Å². The van der Waals surface area contributed by atoms with Gasteiger partial charge in [0.1, 0.15) is 22.8 Å². The molecule has 2 N–H and O–H groups in total. The van der Waals surface area contributed by atoms with Gasteiger partial charge in [-0.1, -0.05) is 54.6 Å². The summed E-state index contributed by atoms with van der Waals surface area (Å²) < 4.78 is 3.92. The van der Waals surface area contributed by atoms with E-state index in [0.29, 0.717) is 41.9 Å². The molecular formula is C32H26N6O2. The minimum atomic E-state index is -0.0764. The van der Waals surface area contributed by atoms with Crippen molar-refractivity contribution in [2.75, 3.05) is 0 Å². The molecule has 0 atom stereocenters. The Morgan fingerprint density at radius 1 is 0.850 bits per heavy atom. The predicted octanol–water partition coefficient (Wildman–Crippen LogP) is 5.90. The number of aryl methyl sites for hydroxylation is 1. The number of pyridine rings is 1. The van der Waals surface area contributed by atoms with Crippen molar-refractivity contribution >= 4 is 11.0 Å². The lowest BCUT2D eigenvalue weighted by atomic mass is 10.00. The third kappa shape index (κ3) is 4.54. The summed E-state index contributed by atoms with van der Waals surface area (Å²) in [5.74, 6) is -0.0357. The van der Waals surface area contributed by atoms with E-state index < -0.39 is 0 Å². The van der Waals surface area contributed by atoms with E-state index in [1.165, 1.54) is 6.07 Å². The Morgan fingerprint density at radius 2 is 1.62 bits per heavy atom. The standard InChI is InChI=1S/C32H26N6O2/c1-2-24-15-26(29(40)16-28(24)39)30-31(38(36-35-30)19-23-12-10-21(17-33)11-13-23)27-20-37(18-22-7-4-3-5-8-22)32-25(27)9-6-14-34-32/h3-16,20,39-40H,2,18-19H2,1H3. The van der Waals surface area contributed by atoms with Crippen molar-refractivity contribution in [3.05, 3.63) is 114 Å². The summed E-state index contributed by atoms with van der Waals surface area (Å²) in [6.45, 7) is 2.98. The lowest BCUT2D eigenvalue weighted by Crippen LogP contribution is -2.04. The summed E-state index contributed by atoms with van der Waals surface area (Å²) in [4.78, 5) is 4.70. The molecule has 0 aliphatic rings. The van der Waals surface area contributed by atoms with Gasteiger partial charge >= 0.3 is 0 Å². The van der Waals surface area contributed by atoms with Gasteiger partial charge in [-0.3, -0.25) is 0 Å². The van der Waals surface area contributed by atoms with E-state index in [1.54, 1.807) is 24.4 Å². The molecule has 0 radical (unpaired) electrons. The SMILES string of the molecule is CCc1cc(-c2nnn(Cc3ccc(C#N)cc3)c2-c2cn(Cc3ccccc3)c3ncccc23)c(O)cc1O. The fraction of sp³-hybridized carbons (Fsp3) is 0.125. The van der Waals surface area contributed by atoms with Crippen LogP contribution < -0.4 is 0 Å². The number of rotatable bonds is 7. The van der Waals surface area contributed by atoms with E-state index in [9.17, 15) is 15.5 Å². The van der Waals surface area contributed by atoms with E-state index in [1.807, 2.05) is 54.1 Å². The molecule has 0 saturated carbocycles. The van der Waals surface area contributed by atoms with Gasteiger partial charge in [0.05, 0.1) is 23.9 Å². The summed E-state index contributed by atoms with van der Waals surface area (Å²) in [6.07, 6.45) is 4.43. The van der Waals surface area contributed by atoms with Gasteiger partial charge < -0.3 is 14.8 Å². The van der Waals surface area contributed by atoms with Crippen LogP contribution in [-0.2, 0) is 19.5 Å². The van der Waals surface area contributed by atoms with Crippen molar-refractivity contribution in [3.8, 4) is 40.1 Å². The summed E-state index contributed by atoms with van der Waals surface area (Å²) in [6, 6.07) is 26.8. The van der Waals surface area contributed by atoms with Gasteiger partial charge in [-0.15, -0.1) is 5.10 Å². The highest BCUT2D eigenvalue weighted by atomic mass is 16.3. The Labute approximate surface area is 231 Å². The number of fused-ring (bicyclic) bond motifs is 1. The number of nitriles is 1. The van der Waals surface area contributed by atoms with Crippen molar-refractivity contribution in [1.82, 2.24) is 24.5 Å². The Kier molecular flexibility index (Phi) is 6.46. The number of phenolic OH excluding ortho intramolecular Hbond substituents is 2. The molecule has 0 bridgehead atoms. The minimum Gasteiger partial charge on any atom is -0.508 e. The summed E-state index contributed by atoms with van der Waals surface area (Å²) >= 11 is 0. The number of hydrogen-bond donors (Lipinski definition) is 2. The van der Waals surface area contributed by atoms with Crippen molar-refractivity contribution in [1.29, 1.82) is 5.26 Å².